The molecule has 2 saturated heterocycles. The summed E-state index contributed by atoms with van der Waals surface area (Å²) in [5, 5.41) is 19.0. The highest BCUT2D eigenvalue weighted by atomic mass is 16.3. The number of rotatable bonds is 6. The molecule has 0 radical (unpaired) electrons. The minimum atomic E-state index is -0.149. The number of aliphatic hydroxyl groups excluding tert-OH is 1. The van der Waals surface area contributed by atoms with Crippen LogP contribution in [0.1, 0.15) is 63.3 Å². The van der Waals surface area contributed by atoms with Crippen molar-refractivity contribution in [2.45, 2.75) is 57.5 Å². The standard InChI is InChI=1S/C20H34N4O/c1-5-24-10-16-17(11-24)20(12-25,8-13(2)3)22-18(16)15-9-21-23(4)19(15)14-6-7-14/h9,13-14,16-18,22,25H,5-8,10-12H2,1-4H3/t16-,17+,18-,20+/m0/s1. The molecule has 2 aliphatic heterocycles. The summed E-state index contributed by atoms with van der Waals surface area (Å²) in [5.74, 6) is 2.37. The normalized spacial score (nSPS) is 35.7. The van der Waals surface area contributed by atoms with Crippen molar-refractivity contribution in [3.05, 3.63) is 17.5 Å². The maximum absolute atomic E-state index is 10.4. The third-order valence-electron chi connectivity index (χ3n) is 6.84. The van der Waals surface area contributed by atoms with E-state index in [0.717, 1.165) is 26.1 Å². The van der Waals surface area contributed by atoms with Crippen LogP contribution in [0.25, 0.3) is 0 Å². The predicted octanol–water partition coefficient (Wildman–Crippen LogP) is 2.29. The first kappa shape index (κ1) is 17.5. The Morgan fingerprint density at radius 3 is 2.72 bits per heavy atom. The van der Waals surface area contributed by atoms with Crippen molar-refractivity contribution in [2.75, 3.05) is 26.2 Å². The maximum Gasteiger partial charge on any atom is 0.0616 e. The molecule has 1 saturated carbocycles. The smallest absolute Gasteiger partial charge is 0.0616 e. The molecule has 0 amide bonds. The SMILES string of the molecule is CCN1C[C@H]2[C@@H](C1)[C@](CO)(CC(C)C)N[C@H]2c1cnn(C)c1C1CC1. The molecule has 3 heterocycles. The van der Waals surface area contributed by atoms with Gasteiger partial charge in [-0.15, -0.1) is 0 Å². The quantitative estimate of drug-likeness (QED) is 0.830. The highest BCUT2D eigenvalue weighted by Crippen LogP contribution is 2.52. The van der Waals surface area contributed by atoms with Crippen molar-refractivity contribution in [2.24, 2.45) is 24.8 Å². The Balaban J connectivity index is 1.71. The van der Waals surface area contributed by atoms with Crippen LogP contribution in [0.3, 0.4) is 0 Å². The molecule has 0 unspecified atom stereocenters. The van der Waals surface area contributed by atoms with Crippen LogP contribution in [0.4, 0.5) is 0 Å². The van der Waals surface area contributed by atoms with Crippen LogP contribution in [0.15, 0.2) is 6.20 Å². The summed E-state index contributed by atoms with van der Waals surface area (Å²) in [4.78, 5) is 2.57. The summed E-state index contributed by atoms with van der Waals surface area (Å²) < 4.78 is 2.09. The Bertz CT molecular complexity index is 623. The first-order chi connectivity index (χ1) is 12.0. The van der Waals surface area contributed by atoms with Crippen molar-refractivity contribution in [1.82, 2.24) is 20.0 Å². The van der Waals surface area contributed by atoms with Gasteiger partial charge in [0.1, 0.15) is 0 Å². The third-order valence-corrected chi connectivity index (χ3v) is 6.84. The molecule has 2 N–H and O–H groups in total. The topological polar surface area (TPSA) is 53.3 Å². The summed E-state index contributed by atoms with van der Waals surface area (Å²) >= 11 is 0. The van der Waals surface area contributed by atoms with Crippen LogP contribution in [0, 0.1) is 17.8 Å². The lowest BCUT2D eigenvalue weighted by Gasteiger charge is -2.36. The molecule has 0 spiro atoms. The van der Waals surface area contributed by atoms with Gasteiger partial charge >= 0.3 is 0 Å². The molecule has 3 fully saturated rings. The summed E-state index contributed by atoms with van der Waals surface area (Å²) in [5.41, 5.74) is 2.69. The molecular weight excluding hydrogens is 312 g/mol. The van der Waals surface area contributed by atoms with Gasteiger partial charge in [0.25, 0.3) is 0 Å². The Morgan fingerprint density at radius 1 is 1.36 bits per heavy atom. The monoisotopic (exact) mass is 346 g/mol. The van der Waals surface area contributed by atoms with Crippen LogP contribution in [0.5, 0.6) is 0 Å². The van der Waals surface area contributed by atoms with Gasteiger partial charge in [-0.1, -0.05) is 20.8 Å². The Hall–Kier alpha value is -0.910. The Morgan fingerprint density at radius 2 is 2.12 bits per heavy atom. The van der Waals surface area contributed by atoms with Gasteiger partial charge in [0.05, 0.1) is 12.8 Å². The fourth-order valence-electron chi connectivity index (χ4n) is 5.65. The molecule has 1 aromatic rings. The molecule has 0 aromatic carbocycles. The molecule has 3 aliphatic rings. The van der Waals surface area contributed by atoms with E-state index in [1.807, 2.05) is 0 Å². The fraction of sp³-hybridized carbons (Fsp3) is 0.850. The number of hydrogen-bond acceptors (Lipinski definition) is 4. The highest BCUT2D eigenvalue weighted by molar-refractivity contribution is 5.32. The predicted molar refractivity (Wildman–Crippen MR) is 99.4 cm³/mol. The fourth-order valence-corrected chi connectivity index (χ4v) is 5.65. The lowest BCUT2D eigenvalue weighted by molar-refractivity contribution is 0.107. The van der Waals surface area contributed by atoms with Crippen molar-refractivity contribution in [3.63, 3.8) is 0 Å². The van der Waals surface area contributed by atoms with Crippen molar-refractivity contribution < 1.29 is 5.11 Å². The number of nitrogens with one attached hydrogen (secondary N) is 1. The minimum Gasteiger partial charge on any atom is -0.394 e. The molecule has 4 atom stereocenters. The van der Waals surface area contributed by atoms with Gasteiger partial charge in [-0.3, -0.25) is 4.68 Å². The molecule has 25 heavy (non-hydrogen) atoms. The number of likely N-dealkylation sites (tertiary alicyclic amines) is 1. The third kappa shape index (κ3) is 2.84. The summed E-state index contributed by atoms with van der Waals surface area (Å²) in [6.07, 6.45) is 5.73. The van der Waals surface area contributed by atoms with Crippen molar-refractivity contribution >= 4 is 0 Å². The van der Waals surface area contributed by atoms with Crippen molar-refractivity contribution in [3.8, 4) is 0 Å². The van der Waals surface area contributed by atoms with E-state index in [-0.39, 0.29) is 12.1 Å². The van der Waals surface area contributed by atoms with Crippen LogP contribution in [-0.2, 0) is 7.05 Å². The zero-order valence-corrected chi connectivity index (χ0v) is 16.2. The largest absolute Gasteiger partial charge is 0.394 e. The zero-order chi connectivity index (χ0) is 17.8. The first-order valence-corrected chi connectivity index (χ1v) is 10.1. The second-order valence-corrected chi connectivity index (χ2v) is 9.04. The average molecular weight is 347 g/mol. The van der Waals surface area contributed by atoms with E-state index in [4.69, 9.17) is 0 Å². The first-order valence-electron chi connectivity index (χ1n) is 10.1. The average Bonchev–Trinajstić information content (AvgIpc) is 3.09. The molecule has 4 rings (SSSR count). The van der Waals surface area contributed by atoms with E-state index >= 15 is 0 Å². The van der Waals surface area contributed by atoms with Gasteiger partial charge in [-0.25, -0.2) is 0 Å². The van der Waals surface area contributed by atoms with Crippen LogP contribution in [-0.4, -0.2) is 51.6 Å². The van der Waals surface area contributed by atoms with Gasteiger partial charge in [0, 0.05) is 48.9 Å². The number of aliphatic hydroxyl groups is 1. The number of fused-ring (bicyclic) bond motifs is 1. The molecule has 5 nitrogen and oxygen atoms in total. The van der Waals surface area contributed by atoms with E-state index in [1.54, 1.807) is 0 Å². The van der Waals surface area contributed by atoms with E-state index in [1.165, 1.54) is 24.1 Å². The molecule has 1 aromatic heterocycles. The number of aryl methyl sites for hydroxylation is 1. The lowest BCUT2D eigenvalue weighted by Crippen LogP contribution is -2.51. The van der Waals surface area contributed by atoms with Gasteiger partial charge < -0.3 is 15.3 Å². The van der Waals surface area contributed by atoms with Crippen LogP contribution >= 0.6 is 0 Å². The van der Waals surface area contributed by atoms with E-state index in [2.05, 4.69) is 54.0 Å². The highest BCUT2D eigenvalue weighted by Gasteiger charge is 2.57. The number of nitrogens with zero attached hydrogens (tertiary/aromatic N) is 3. The van der Waals surface area contributed by atoms with Gasteiger partial charge in [-0.2, -0.15) is 5.10 Å². The number of aromatic nitrogens is 2. The van der Waals surface area contributed by atoms with Gasteiger partial charge in [0.2, 0.25) is 0 Å². The lowest BCUT2D eigenvalue weighted by atomic mass is 9.76. The molecule has 0 bridgehead atoms. The van der Waals surface area contributed by atoms with E-state index < -0.39 is 0 Å². The van der Waals surface area contributed by atoms with Gasteiger partial charge in [-0.05, 0) is 43.6 Å². The second-order valence-electron chi connectivity index (χ2n) is 9.04. The second kappa shape index (κ2) is 6.36. The Labute approximate surface area is 151 Å². The Kier molecular flexibility index (Phi) is 4.45. The van der Waals surface area contributed by atoms with E-state index in [0.29, 0.717) is 29.7 Å². The van der Waals surface area contributed by atoms with Gasteiger partial charge in [0.15, 0.2) is 0 Å². The minimum absolute atomic E-state index is 0.149. The molecule has 1 aliphatic carbocycles. The summed E-state index contributed by atoms with van der Waals surface area (Å²) in [6.45, 7) is 10.4. The van der Waals surface area contributed by atoms with Crippen LogP contribution in [0.2, 0.25) is 0 Å². The van der Waals surface area contributed by atoms with Crippen LogP contribution < -0.4 is 5.32 Å². The molecule has 5 heteroatoms. The van der Waals surface area contributed by atoms with E-state index in [9.17, 15) is 5.11 Å². The summed E-state index contributed by atoms with van der Waals surface area (Å²) in [6, 6.07) is 0.330. The molecule has 140 valence electrons. The van der Waals surface area contributed by atoms with Crippen molar-refractivity contribution in [1.29, 1.82) is 0 Å². The summed E-state index contributed by atoms with van der Waals surface area (Å²) in [7, 11) is 2.09. The zero-order valence-electron chi connectivity index (χ0n) is 16.2. The molecular formula is C20H34N4O. The number of hydrogen-bond donors (Lipinski definition) is 2. The maximum atomic E-state index is 10.4.